The van der Waals surface area contributed by atoms with Crippen LogP contribution in [-0.4, -0.2) is 32.1 Å². The zero-order valence-corrected chi connectivity index (χ0v) is 14.5. The van der Waals surface area contributed by atoms with Gasteiger partial charge in [-0.1, -0.05) is 11.6 Å². The molecule has 0 aliphatic heterocycles. The molecule has 1 N–H and O–H groups in total. The van der Waals surface area contributed by atoms with Gasteiger partial charge in [0, 0.05) is 30.5 Å². The van der Waals surface area contributed by atoms with Crippen molar-refractivity contribution in [1.29, 1.82) is 0 Å². The molecular weight excluding hydrogens is 328 g/mol. The Kier molecular flexibility index (Phi) is 5.82. The number of amides is 1. The highest BCUT2D eigenvalue weighted by molar-refractivity contribution is 6.30. The number of rotatable bonds is 5. The number of carbonyl (C=O) groups is 2. The van der Waals surface area contributed by atoms with Crippen LogP contribution in [0.4, 0.5) is 11.4 Å². The fraction of sp³-hybridized carbons (Fsp3) is 0.222. The van der Waals surface area contributed by atoms with Crippen LogP contribution < -0.4 is 10.2 Å². The molecule has 126 valence electrons. The predicted molar refractivity (Wildman–Crippen MR) is 95.7 cm³/mol. The van der Waals surface area contributed by atoms with Crippen molar-refractivity contribution in [2.24, 2.45) is 0 Å². The average Bonchev–Trinajstić information content (AvgIpc) is 2.56. The molecule has 0 heterocycles. The zero-order valence-electron chi connectivity index (χ0n) is 13.7. The Morgan fingerprint density at radius 3 is 2.17 bits per heavy atom. The molecule has 0 spiro atoms. The minimum Gasteiger partial charge on any atom is -0.449 e. The van der Waals surface area contributed by atoms with E-state index in [1.54, 1.807) is 36.4 Å². The van der Waals surface area contributed by atoms with Crippen LogP contribution in [0.1, 0.15) is 17.3 Å². The molecule has 0 saturated carbocycles. The SMILES string of the molecule is CC(OC(=O)c1ccc(N(C)C)cc1)C(=O)Nc1ccc(Cl)cc1. The monoisotopic (exact) mass is 346 g/mol. The van der Waals surface area contributed by atoms with Gasteiger partial charge in [-0.25, -0.2) is 4.79 Å². The van der Waals surface area contributed by atoms with Crippen LogP contribution in [0.25, 0.3) is 0 Å². The summed E-state index contributed by atoms with van der Waals surface area (Å²) < 4.78 is 5.20. The first-order valence-corrected chi connectivity index (χ1v) is 7.79. The summed E-state index contributed by atoms with van der Waals surface area (Å²) in [4.78, 5) is 26.1. The number of anilines is 2. The number of halogens is 1. The van der Waals surface area contributed by atoms with Gasteiger partial charge in [-0.3, -0.25) is 4.79 Å². The predicted octanol–water partition coefficient (Wildman–Crippen LogP) is 3.59. The molecule has 5 nitrogen and oxygen atoms in total. The van der Waals surface area contributed by atoms with Gasteiger partial charge in [0.1, 0.15) is 0 Å². The maximum Gasteiger partial charge on any atom is 0.338 e. The fourth-order valence-electron chi connectivity index (χ4n) is 1.95. The lowest BCUT2D eigenvalue weighted by atomic mass is 10.2. The molecule has 0 radical (unpaired) electrons. The Balaban J connectivity index is 1.94. The van der Waals surface area contributed by atoms with E-state index < -0.39 is 18.0 Å². The first-order valence-electron chi connectivity index (χ1n) is 7.41. The van der Waals surface area contributed by atoms with Crippen molar-refractivity contribution >= 4 is 34.9 Å². The van der Waals surface area contributed by atoms with Crippen LogP contribution in [0.3, 0.4) is 0 Å². The second kappa shape index (κ2) is 7.84. The summed E-state index contributed by atoms with van der Waals surface area (Å²) >= 11 is 5.79. The molecule has 1 unspecified atom stereocenters. The van der Waals surface area contributed by atoms with Gasteiger partial charge < -0.3 is 15.0 Å². The molecule has 0 aliphatic carbocycles. The fourth-order valence-corrected chi connectivity index (χ4v) is 2.08. The molecule has 24 heavy (non-hydrogen) atoms. The Labute approximate surface area is 146 Å². The van der Waals surface area contributed by atoms with E-state index in [1.165, 1.54) is 6.92 Å². The lowest BCUT2D eigenvalue weighted by molar-refractivity contribution is -0.123. The lowest BCUT2D eigenvalue weighted by Gasteiger charge is -2.15. The molecule has 0 aliphatic rings. The molecule has 0 fully saturated rings. The van der Waals surface area contributed by atoms with E-state index in [4.69, 9.17) is 16.3 Å². The number of benzene rings is 2. The minimum atomic E-state index is -0.915. The smallest absolute Gasteiger partial charge is 0.338 e. The van der Waals surface area contributed by atoms with E-state index in [1.807, 2.05) is 31.1 Å². The van der Waals surface area contributed by atoms with Crippen molar-refractivity contribution in [2.45, 2.75) is 13.0 Å². The van der Waals surface area contributed by atoms with Crippen LogP contribution in [0.2, 0.25) is 5.02 Å². The van der Waals surface area contributed by atoms with Gasteiger partial charge in [-0.05, 0) is 55.5 Å². The summed E-state index contributed by atoms with van der Waals surface area (Å²) in [5.41, 5.74) is 1.95. The summed E-state index contributed by atoms with van der Waals surface area (Å²) in [7, 11) is 3.83. The van der Waals surface area contributed by atoms with E-state index in [0.717, 1.165) is 5.69 Å². The van der Waals surface area contributed by atoms with Gasteiger partial charge in [0.2, 0.25) is 0 Å². The first kappa shape index (κ1) is 17.8. The number of hydrogen-bond donors (Lipinski definition) is 1. The molecular formula is C18H19ClN2O3. The molecule has 1 atom stereocenters. The van der Waals surface area contributed by atoms with Crippen molar-refractivity contribution in [2.75, 3.05) is 24.3 Å². The second-order valence-electron chi connectivity index (χ2n) is 5.48. The quantitative estimate of drug-likeness (QED) is 0.840. The number of hydrogen-bond acceptors (Lipinski definition) is 4. The number of carbonyl (C=O) groups excluding carboxylic acids is 2. The van der Waals surface area contributed by atoms with Crippen molar-refractivity contribution in [3.8, 4) is 0 Å². The van der Waals surface area contributed by atoms with Crippen molar-refractivity contribution in [3.63, 3.8) is 0 Å². The van der Waals surface area contributed by atoms with E-state index in [2.05, 4.69) is 5.32 Å². The maximum absolute atomic E-state index is 12.1. The van der Waals surface area contributed by atoms with Gasteiger partial charge in [0.25, 0.3) is 5.91 Å². The molecule has 2 aromatic rings. The Morgan fingerprint density at radius 1 is 1.04 bits per heavy atom. The highest BCUT2D eigenvalue weighted by atomic mass is 35.5. The summed E-state index contributed by atoms with van der Waals surface area (Å²) in [6.45, 7) is 1.53. The van der Waals surface area contributed by atoms with Crippen LogP contribution >= 0.6 is 11.6 Å². The summed E-state index contributed by atoms with van der Waals surface area (Å²) in [5, 5.41) is 3.25. The minimum absolute atomic E-state index is 0.395. The molecule has 2 rings (SSSR count). The normalized spacial score (nSPS) is 11.5. The van der Waals surface area contributed by atoms with E-state index in [9.17, 15) is 9.59 Å². The first-order chi connectivity index (χ1) is 11.4. The van der Waals surface area contributed by atoms with Crippen LogP contribution in [0.5, 0.6) is 0 Å². The van der Waals surface area contributed by atoms with Gasteiger partial charge in [0.15, 0.2) is 6.10 Å². The molecule has 0 saturated heterocycles. The van der Waals surface area contributed by atoms with Gasteiger partial charge >= 0.3 is 5.97 Å². The Bertz CT molecular complexity index is 712. The molecule has 2 aromatic carbocycles. The number of esters is 1. The van der Waals surface area contributed by atoms with E-state index in [-0.39, 0.29) is 0 Å². The Morgan fingerprint density at radius 2 is 1.62 bits per heavy atom. The standard InChI is InChI=1S/C18H19ClN2O3/c1-12(17(22)20-15-8-6-14(19)7-9-15)24-18(23)13-4-10-16(11-5-13)21(2)3/h4-12H,1-3H3,(H,20,22). The average molecular weight is 347 g/mol. The van der Waals surface area contributed by atoms with Gasteiger partial charge in [-0.2, -0.15) is 0 Å². The van der Waals surface area contributed by atoms with E-state index >= 15 is 0 Å². The third-order valence-corrected chi connectivity index (χ3v) is 3.64. The van der Waals surface area contributed by atoms with Crippen LogP contribution in [-0.2, 0) is 9.53 Å². The zero-order chi connectivity index (χ0) is 17.7. The summed E-state index contributed by atoms with van der Waals surface area (Å²) in [6.07, 6.45) is -0.915. The highest BCUT2D eigenvalue weighted by Gasteiger charge is 2.19. The second-order valence-corrected chi connectivity index (χ2v) is 5.92. The third kappa shape index (κ3) is 4.73. The van der Waals surface area contributed by atoms with Crippen LogP contribution in [0, 0.1) is 0 Å². The maximum atomic E-state index is 12.1. The lowest BCUT2D eigenvalue weighted by Crippen LogP contribution is -2.30. The van der Waals surface area contributed by atoms with Crippen molar-refractivity contribution < 1.29 is 14.3 Å². The highest BCUT2D eigenvalue weighted by Crippen LogP contribution is 2.15. The topological polar surface area (TPSA) is 58.6 Å². The van der Waals surface area contributed by atoms with Crippen molar-refractivity contribution in [1.82, 2.24) is 0 Å². The molecule has 1 amide bonds. The van der Waals surface area contributed by atoms with Crippen molar-refractivity contribution in [3.05, 3.63) is 59.1 Å². The largest absolute Gasteiger partial charge is 0.449 e. The molecule has 0 bridgehead atoms. The van der Waals surface area contributed by atoms with Gasteiger partial charge in [-0.15, -0.1) is 0 Å². The van der Waals surface area contributed by atoms with Crippen LogP contribution in [0.15, 0.2) is 48.5 Å². The number of ether oxygens (including phenoxy) is 1. The summed E-state index contributed by atoms with van der Waals surface area (Å²) in [5.74, 6) is -0.949. The molecule has 0 aromatic heterocycles. The molecule has 6 heteroatoms. The Hall–Kier alpha value is -2.53. The third-order valence-electron chi connectivity index (χ3n) is 3.38. The van der Waals surface area contributed by atoms with Gasteiger partial charge in [0.05, 0.1) is 5.56 Å². The summed E-state index contributed by atoms with van der Waals surface area (Å²) in [6, 6.07) is 13.6. The number of nitrogens with one attached hydrogen (secondary N) is 1. The van der Waals surface area contributed by atoms with E-state index in [0.29, 0.717) is 16.3 Å². The number of nitrogens with zero attached hydrogens (tertiary/aromatic N) is 1.